The highest BCUT2D eigenvalue weighted by molar-refractivity contribution is 6.43. The zero-order valence-corrected chi connectivity index (χ0v) is 15.7. The smallest absolute Gasteiger partial charge is 0.137 e. The van der Waals surface area contributed by atoms with Gasteiger partial charge in [-0.25, -0.2) is 4.98 Å². The van der Waals surface area contributed by atoms with Gasteiger partial charge < -0.3 is 4.98 Å². The minimum Gasteiger partial charge on any atom is -0.346 e. The maximum atomic E-state index is 6.32. The van der Waals surface area contributed by atoms with Crippen LogP contribution in [0, 0.1) is 0 Å². The lowest BCUT2D eigenvalue weighted by Gasteiger charge is -2.27. The van der Waals surface area contributed by atoms with E-state index in [2.05, 4.69) is 27.0 Å². The maximum Gasteiger partial charge on any atom is 0.137 e. The molecule has 1 aromatic carbocycles. The van der Waals surface area contributed by atoms with Gasteiger partial charge in [-0.05, 0) is 41.8 Å². The molecule has 3 heterocycles. The highest BCUT2D eigenvalue weighted by Gasteiger charge is 2.17. The molecule has 0 unspecified atom stereocenters. The van der Waals surface area contributed by atoms with E-state index in [0.29, 0.717) is 15.1 Å². The SMILES string of the molecule is Clc1cc(Cl)c(Cl)c(CN2CC=C(c3c[nH]c4ncccc34)CC2)c1. The van der Waals surface area contributed by atoms with Crippen LogP contribution < -0.4 is 0 Å². The van der Waals surface area contributed by atoms with Crippen LogP contribution >= 0.6 is 34.8 Å². The van der Waals surface area contributed by atoms with Crippen molar-refractivity contribution in [3.8, 4) is 0 Å². The van der Waals surface area contributed by atoms with Crippen molar-refractivity contribution in [2.75, 3.05) is 13.1 Å². The van der Waals surface area contributed by atoms with Gasteiger partial charge in [-0.3, -0.25) is 4.90 Å². The molecule has 2 aromatic heterocycles. The minimum absolute atomic E-state index is 0.503. The normalized spacial score (nSPS) is 15.6. The van der Waals surface area contributed by atoms with Crippen LogP contribution in [0.4, 0.5) is 0 Å². The van der Waals surface area contributed by atoms with Crippen LogP contribution in [-0.4, -0.2) is 28.0 Å². The summed E-state index contributed by atoms with van der Waals surface area (Å²) in [4.78, 5) is 9.94. The molecule has 0 aliphatic carbocycles. The summed E-state index contributed by atoms with van der Waals surface area (Å²) in [6.45, 7) is 2.56. The lowest BCUT2D eigenvalue weighted by atomic mass is 9.99. The molecule has 0 atom stereocenters. The second-order valence-corrected chi connectivity index (χ2v) is 7.40. The third kappa shape index (κ3) is 3.42. The van der Waals surface area contributed by atoms with E-state index < -0.39 is 0 Å². The molecule has 3 aromatic rings. The largest absolute Gasteiger partial charge is 0.346 e. The van der Waals surface area contributed by atoms with Crippen LogP contribution in [-0.2, 0) is 6.54 Å². The molecule has 1 N–H and O–H groups in total. The fourth-order valence-electron chi connectivity index (χ4n) is 3.29. The average molecular weight is 393 g/mol. The van der Waals surface area contributed by atoms with Gasteiger partial charge in [0.15, 0.2) is 0 Å². The molecule has 0 radical (unpaired) electrons. The molecule has 128 valence electrons. The summed E-state index contributed by atoms with van der Waals surface area (Å²) in [6.07, 6.45) is 7.11. The third-order valence-corrected chi connectivity index (χ3v) is 5.61. The first-order valence-electron chi connectivity index (χ1n) is 8.09. The molecule has 1 aliphatic heterocycles. The topological polar surface area (TPSA) is 31.9 Å². The Kier molecular flexibility index (Phi) is 4.74. The van der Waals surface area contributed by atoms with Crippen molar-refractivity contribution in [1.29, 1.82) is 0 Å². The van der Waals surface area contributed by atoms with Gasteiger partial charge in [0.25, 0.3) is 0 Å². The predicted molar refractivity (Wildman–Crippen MR) is 105 cm³/mol. The van der Waals surface area contributed by atoms with Gasteiger partial charge in [-0.2, -0.15) is 0 Å². The maximum absolute atomic E-state index is 6.32. The second-order valence-electron chi connectivity index (χ2n) is 6.18. The first-order chi connectivity index (χ1) is 12.1. The fourth-order valence-corrected chi connectivity index (χ4v) is 3.99. The highest BCUT2D eigenvalue weighted by Crippen LogP contribution is 2.32. The van der Waals surface area contributed by atoms with E-state index in [1.165, 1.54) is 16.5 Å². The van der Waals surface area contributed by atoms with E-state index in [-0.39, 0.29) is 0 Å². The minimum atomic E-state index is 0.503. The zero-order valence-electron chi connectivity index (χ0n) is 13.4. The number of rotatable bonds is 3. The van der Waals surface area contributed by atoms with Gasteiger partial charge >= 0.3 is 0 Å². The molecular formula is C19H16Cl3N3. The molecular weight excluding hydrogens is 377 g/mol. The molecule has 0 saturated heterocycles. The van der Waals surface area contributed by atoms with Gasteiger partial charge in [0.2, 0.25) is 0 Å². The number of halogens is 3. The van der Waals surface area contributed by atoms with Crippen LogP contribution in [0.1, 0.15) is 17.5 Å². The number of aromatic nitrogens is 2. The third-order valence-electron chi connectivity index (χ3n) is 4.55. The van der Waals surface area contributed by atoms with Crippen molar-refractivity contribution in [1.82, 2.24) is 14.9 Å². The van der Waals surface area contributed by atoms with Crippen molar-refractivity contribution >= 4 is 51.4 Å². The quantitative estimate of drug-likeness (QED) is 0.570. The van der Waals surface area contributed by atoms with Crippen molar-refractivity contribution in [3.63, 3.8) is 0 Å². The molecule has 0 spiro atoms. The molecule has 4 rings (SSSR count). The number of hydrogen-bond donors (Lipinski definition) is 1. The summed E-state index contributed by atoms with van der Waals surface area (Å²) in [5.41, 5.74) is 4.49. The highest BCUT2D eigenvalue weighted by atomic mass is 35.5. The number of nitrogens with one attached hydrogen (secondary N) is 1. The standard InChI is InChI=1S/C19H16Cl3N3/c20-14-8-13(18(22)17(21)9-14)11-25-6-3-12(4-7-25)16-10-24-19-15(16)2-1-5-23-19/h1-3,5,8-10H,4,6-7,11H2,(H,23,24). The van der Waals surface area contributed by atoms with Crippen LogP contribution in [0.5, 0.6) is 0 Å². The molecule has 25 heavy (non-hydrogen) atoms. The van der Waals surface area contributed by atoms with E-state index >= 15 is 0 Å². The van der Waals surface area contributed by atoms with Crippen LogP contribution in [0.2, 0.25) is 15.1 Å². The van der Waals surface area contributed by atoms with E-state index in [9.17, 15) is 0 Å². The zero-order chi connectivity index (χ0) is 17.4. The van der Waals surface area contributed by atoms with Crippen LogP contribution in [0.25, 0.3) is 16.6 Å². The van der Waals surface area contributed by atoms with E-state index in [4.69, 9.17) is 34.8 Å². The first kappa shape index (κ1) is 16.9. The Labute approximate surface area is 161 Å². The fraction of sp³-hybridized carbons (Fsp3) is 0.211. The molecule has 0 fully saturated rings. The van der Waals surface area contributed by atoms with Crippen molar-refractivity contribution in [3.05, 3.63) is 68.9 Å². The number of H-pyrrole nitrogens is 1. The number of aromatic amines is 1. The number of benzene rings is 1. The van der Waals surface area contributed by atoms with E-state index in [1.54, 1.807) is 12.3 Å². The predicted octanol–water partition coefficient (Wildman–Crippen LogP) is 5.81. The molecule has 0 saturated carbocycles. The van der Waals surface area contributed by atoms with Crippen LogP contribution in [0.15, 0.2) is 42.7 Å². The Bertz CT molecular complexity index is 962. The molecule has 0 amide bonds. The van der Waals surface area contributed by atoms with Gasteiger partial charge in [-0.15, -0.1) is 0 Å². The molecule has 3 nitrogen and oxygen atoms in total. The summed E-state index contributed by atoms with van der Waals surface area (Å²) in [7, 11) is 0. The van der Waals surface area contributed by atoms with Gasteiger partial charge in [0.1, 0.15) is 5.65 Å². The summed E-state index contributed by atoms with van der Waals surface area (Å²) in [6, 6.07) is 7.64. The van der Waals surface area contributed by atoms with Gasteiger partial charge in [-0.1, -0.05) is 40.9 Å². The Hall–Kier alpha value is -1.52. The summed E-state index contributed by atoms with van der Waals surface area (Å²) in [5, 5.41) is 2.88. The van der Waals surface area contributed by atoms with Crippen molar-refractivity contribution < 1.29 is 0 Å². The average Bonchev–Trinajstić information content (AvgIpc) is 3.04. The first-order valence-corrected chi connectivity index (χ1v) is 9.22. The Morgan fingerprint density at radius 1 is 1.20 bits per heavy atom. The molecule has 1 aliphatic rings. The monoisotopic (exact) mass is 391 g/mol. The Morgan fingerprint density at radius 2 is 2.08 bits per heavy atom. The second kappa shape index (κ2) is 7.00. The van der Waals surface area contributed by atoms with Crippen molar-refractivity contribution in [2.45, 2.75) is 13.0 Å². The molecule has 6 heteroatoms. The Balaban J connectivity index is 1.53. The lowest BCUT2D eigenvalue weighted by Crippen LogP contribution is -2.28. The summed E-state index contributed by atoms with van der Waals surface area (Å²) >= 11 is 18.5. The number of nitrogens with zero attached hydrogens (tertiary/aromatic N) is 2. The van der Waals surface area contributed by atoms with Crippen LogP contribution in [0.3, 0.4) is 0 Å². The van der Waals surface area contributed by atoms with E-state index in [1.807, 2.05) is 18.3 Å². The Morgan fingerprint density at radius 3 is 2.88 bits per heavy atom. The lowest BCUT2D eigenvalue weighted by molar-refractivity contribution is 0.294. The van der Waals surface area contributed by atoms with Gasteiger partial charge in [0.05, 0.1) is 10.0 Å². The summed E-state index contributed by atoms with van der Waals surface area (Å²) in [5.74, 6) is 0. The number of fused-ring (bicyclic) bond motifs is 1. The van der Waals surface area contributed by atoms with Crippen molar-refractivity contribution in [2.24, 2.45) is 0 Å². The number of pyridine rings is 1. The summed E-state index contributed by atoms with van der Waals surface area (Å²) < 4.78 is 0. The molecule has 0 bridgehead atoms. The van der Waals surface area contributed by atoms with E-state index in [0.717, 1.165) is 37.3 Å². The number of hydrogen-bond acceptors (Lipinski definition) is 2. The van der Waals surface area contributed by atoms with Gasteiger partial charge in [0, 0.05) is 48.0 Å².